The molecule has 0 atom stereocenters. The summed E-state index contributed by atoms with van der Waals surface area (Å²) in [7, 11) is 0. The summed E-state index contributed by atoms with van der Waals surface area (Å²) in [5, 5.41) is 1.33. The number of aryl methyl sites for hydroxylation is 4. The summed E-state index contributed by atoms with van der Waals surface area (Å²) < 4.78 is 76.1. The Hall–Kier alpha value is -3.61. The molecule has 0 aromatic heterocycles. The second-order valence-electron chi connectivity index (χ2n) is 8.84. The van der Waals surface area contributed by atoms with Crippen molar-refractivity contribution in [2.45, 2.75) is 38.8 Å². The van der Waals surface area contributed by atoms with E-state index in [4.69, 9.17) is 4.74 Å². The first-order valence-electron chi connectivity index (χ1n) is 12.1. The lowest BCUT2D eigenvalue weighted by Gasteiger charge is -2.11. The second kappa shape index (κ2) is 11.6. The lowest BCUT2D eigenvalue weighted by molar-refractivity contribution is -0.153. The van der Waals surface area contributed by atoms with Gasteiger partial charge in [0.1, 0.15) is 11.6 Å². The maximum absolute atomic E-state index is 15.2. The molecule has 0 spiro atoms. The van der Waals surface area contributed by atoms with Gasteiger partial charge in [0, 0.05) is 5.39 Å². The van der Waals surface area contributed by atoms with Gasteiger partial charge in [0.2, 0.25) is 0 Å². The van der Waals surface area contributed by atoms with Crippen LogP contribution in [0.4, 0.5) is 22.0 Å². The molecule has 0 radical (unpaired) electrons. The van der Waals surface area contributed by atoms with Gasteiger partial charge >= 0.3 is 6.18 Å². The van der Waals surface area contributed by atoms with Gasteiger partial charge in [0.15, 0.2) is 18.2 Å². The topological polar surface area (TPSA) is 18.5 Å². The molecule has 0 amide bonds. The fourth-order valence-electron chi connectivity index (χ4n) is 4.20. The van der Waals surface area contributed by atoms with Crippen molar-refractivity contribution in [3.05, 3.63) is 107 Å². The van der Waals surface area contributed by atoms with Gasteiger partial charge < -0.3 is 9.47 Å². The Kier molecular flexibility index (Phi) is 8.31. The van der Waals surface area contributed by atoms with E-state index in [1.54, 1.807) is 12.1 Å². The molecule has 0 saturated heterocycles. The molecule has 0 unspecified atom stereocenters. The Bertz CT molecular complexity index is 1350. The molecule has 0 saturated carbocycles. The summed E-state index contributed by atoms with van der Waals surface area (Å²) in [6, 6.07) is 21.1. The van der Waals surface area contributed by atoms with Crippen LogP contribution < -0.4 is 9.47 Å². The zero-order valence-electron chi connectivity index (χ0n) is 20.4. The van der Waals surface area contributed by atoms with Gasteiger partial charge in [-0.1, -0.05) is 48.5 Å². The van der Waals surface area contributed by atoms with Crippen molar-refractivity contribution >= 4 is 10.8 Å². The Morgan fingerprint density at radius 3 is 2.03 bits per heavy atom. The molecule has 0 N–H and O–H groups in total. The van der Waals surface area contributed by atoms with Crippen LogP contribution in [0.25, 0.3) is 10.8 Å². The van der Waals surface area contributed by atoms with Gasteiger partial charge in [0.25, 0.3) is 0 Å². The molecule has 194 valence electrons. The van der Waals surface area contributed by atoms with Crippen molar-refractivity contribution in [1.82, 2.24) is 0 Å². The molecule has 0 fully saturated rings. The lowest BCUT2D eigenvalue weighted by atomic mass is 9.97. The molecule has 4 rings (SSSR count). The smallest absolute Gasteiger partial charge is 0.422 e. The van der Waals surface area contributed by atoms with E-state index in [-0.39, 0.29) is 5.82 Å². The molecule has 0 bridgehead atoms. The number of hydrogen-bond donors (Lipinski definition) is 0. The molecule has 0 aliphatic carbocycles. The lowest BCUT2D eigenvalue weighted by Crippen LogP contribution is -2.19. The van der Waals surface area contributed by atoms with Crippen LogP contribution in [-0.2, 0) is 25.7 Å². The van der Waals surface area contributed by atoms with E-state index in [2.05, 4.69) is 4.74 Å². The van der Waals surface area contributed by atoms with Crippen LogP contribution in [0.1, 0.15) is 29.2 Å². The minimum absolute atomic E-state index is 0.318. The van der Waals surface area contributed by atoms with Crippen molar-refractivity contribution in [2.75, 3.05) is 13.2 Å². The summed E-state index contributed by atoms with van der Waals surface area (Å²) >= 11 is 0. The molecule has 37 heavy (non-hydrogen) atoms. The van der Waals surface area contributed by atoms with Gasteiger partial charge in [-0.15, -0.1) is 0 Å². The van der Waals surface area contributed by atoms with Gasteiger partial charge in [0.05, 0.1) is 6.61 Å². The molecular weight excluding hydrogens is 487 g/mol. The zero-order chi connectivity index (χ0) is 26.4. The zero-order valence-corrected chi connectivity index (χ0v) is 20.4. The molecule has 0 aliphatic heterocycles. The van der Waals surface area contributed by atoms with E-state index in [1.165, 1.54) is 17.7 Å². The Morgan fingerprint density at radius 1 is 0.676 bits per heavy atom. The summed E-state index contributed by atoms with van der Waals surface area (Å²) in [6.07, 6.45) is -2.21. The van der Waals surface area contributed by atoms with Crippen LogP contribution in [0.3, 0.4) is 0 Å². The van der Waals surface area contributed by atoms with E-state index in [0.29, 0.717) is 36.0 Å². The third-order valence-corrected chi connectivity index (χ3v) is 6.11. The van der Waals surface area contributed by atoms with Gasteiger partial charge in [-0.3, -0.25) is 0 Å². The van der Waals surface area contributed by atoms with E-state index in [9.17, 15) is 17.6 Å². The number of rotatable bonds is 10. The molecule has 0 heterocycles. The highest BCUT2D eigenvalue weighted by atomic mass is 19.4. The average molecular weight is 515 g/mol. The van der Waals surface area contributed by atoms with Crippen molar-refractivity contribution in [2.24, 2.45) is 0 Å². The van der Waals surface area contributed by atoms with E-state index < -0.39 is 24.3 Å². The highest BCUT2D eigenvalue weighted by Crippen LogP contribution is 2.26. The molecule has 2 nitrogen and oxygen atoms in total. The molecule has 0 aliphatic rings. The molecule has 4 aromatic rings. The first-order chi connectivity index (χ1) is 17.7. The predicted molar refractivity (Wildman–Crippen MR) is 134 cm³/mol. The highest BCUT2D eigenvalue weighted by Gasteiger charge is 2.29. The minimum Gasteiger partial charge on any atom is -0.494 e. The number of benzene rings is 4. The maximum Gasteiger partial charge on any atom is 0.422 e. The highest BCUT2D eigenvalue weighted by molar-refractivity contribution is 5.84. The SMILES string of the molecule is CCOc1ccc(CCc2ccc3c(F)c(CCc4ccc(OCC(F)(F)F)c(F)c4)ccc3c2)cc1. The Labute approximate surface area is 212 Å². The third-order valence-electron chi connectivity index (χ3n) is 6.11. The van der Waals surface area contributed by atoms with E-state index in [1.807, 2.05) is 49.4 Å². The van der Waals surface area contributed by atoms with Crippen LogP contribution in [0.15, 0.2) is 72.8 Å². The molecule has 7 heteroatoms. The van der Waals surface area contributed by atoms with Crippen LogP contribution in [0, 0.1) is 11.6 Å². The van der Waals surface area contributed by atoms with E-state index in [0.717, 1.165) is 35.6 Å². The van der Waals surface area contributed by atoms with Gasteiger partial charge in [-0.05, 0) is 84.5 Å². The largest absolute Gasteiger partial charge is 0.494 e. The number of hydrogen-bond acceptors (Lipinski definition) is 2. The van der Waals surface area contributed by atoms with Crippen LogP contribution in [-0.4, -0.2) is 19.4 Å². The van der Waals surface area contributed by atoms with Crippen LogP contribution in [0.5, 0.6) is 11.5 Å². The summed E-state index contributed by atoms with van der Waals surface area (Å²) in [6.45, 7) is 1.02. The number of alkyl halides is 3. The molecule has 4 aromatic carbocycles. The van der Waals surface area contributed by atoms with Gasteiger partial charge in [-0.25, -0.2) is 8.78 Å². The van der Waals surface area contributed by atoms with Crippen LogP contribution >= 0.6 is 0 Å². The van der Waals surface area contributed by atoms with Crippen molar-refractivity contribution in [3.8, 4) is 11.5 Å². The first-order valence-corrected chi connectivity index (χ1v) is 12.1. The van der Waals surface area contributed by atoms with Crippen molar-refractivity contribution in [1.29, 1.82) is 0 Å². The molecular formula is C30H27F5O2. The fourth-order valence-corrected chi connectivity index (χ4v) is 4.20. The third kappa shape index (κ3) is 7.21. The Morgan fingerprint density at radius 2 is 1.32 bits per heavy atom. The van der Waals surface area contributed by atoms with Crippen molar-refractivity contribution in [3.63, 3.8) is 0 Å². The summed E-state index contributed by atoms with van der Waals surface area (Å²) in [4.78, 5) is 0. The fraction of sp³-hybridized carbons (Fsp3) is 0.267. The summed E-state index contributed by atoms with van der Waals surface area (Å²) in [5.74, 6) is -0.809. The van der Waals surface area contributed by atoms with Crippen LogP contribution in [0.2, 0.25) is 0 Å². The number of halogens is 5. The maximum atomic E-state index is 15.2. The van der Waals surface area contributed by atoms with Gasteiger partial charge in [-0.2, -0.15) is 13.2 Å². The first kappa shape index (κ1) is 26.5. The predicted octanol–water partition coefficient (Wildman–Crippen LogP) is 8.03. The monoisotopic (exact) mass is 514 g/mol. The standard InChI is InChI=1S/C30H27F5O2/c1-2-36-25-13-6-20(7-14-25)3-4-21-8-15-26-24(17-21)12-11-23(29(26)32)10-5-22-9-16-28(27(31)18-22)37-19-30(33,34)35/h6-9,11-18H,2-5,10,19H2,1H3. The Balaban J connectivity index is 1.38. The minimum atomic E-state index is -4.55. The summed E-state index contributed by atoms with van der Waals surface area (Å²) in [5.41, 5.74) is 3.34. The quantitative estimate of drug-likeness (QED) is 0.200. The van der Waals surface area contributed by atoms with E-state index >= 15 is 4.39 Å². The van der Waals surface area contributed by atoms with Crippen molar-refractivity contribution < 1.29 is 31.4 Å². The normalized spacial score (nSPS) is 11.6. The average Bonchev–Trinajstić information content (AvgIpc) is 2.87. The number of ether oxygens (including phenoxy) is 2. The number of fused-ring (bicyclic) bond motifs is 1. The second-order valence-corrected chi connectivity index (χ2v) is 8.84.